The minimum absolute atomic E-state index is 0.0680. The van der Waals surface area contributed by atoms with Gasteiger partial charge in [-0.15, -0.1) is 0 Å². The summed E-state index contributed by atoms with van der Waals surface area (Å²) in [6.45, 7) is 3.89. The van der Waals surface area contributed by atoms with Crippen molar-refractivity contribution in [3.63, 3.8) is 0 Å². The molecule has 3 heteroatoms. The van der Waals surface area contributed by atoms with Crippen LogP contribution in [0, 0.1) is 6.92 Å². The first-order chi connectivity index (χ1) is 7.57. The summed E-state index contributed by atoms with van der Waals surface area (Å²) in [7, 11) is 2.12. The molecule has 1 aliphatic carbocycles. The molecule has 0 unspecified atom stereocenters. The van der Waals surface area contributed by atoms with Gasteiger partial charge in [-0.3, -0.25) is 9.88 Å². The highest BCUT2D eigenvalue weighted by atomic mass is 15.1. The molecular formula is C13H21N3. The number of nitrogens with two attached hydrogens (primary N) is 1. The lowest BCUT2D eigenvalue weighted by atomic mass is 9.77. The number of rotatable bonds is 4. The molecule has 1 fully saturated rings. The van der Waals surface area contributed by atoms with Gasteiger partial charge in [-0.25, -0.2) is 0 Å². The van der Waals surface area contributed by atoms with Crippen molar-refractivity contribution in [2.75, 3.05) is 13.6 Å². The van der Waals surface area contributed by atoms with Crippen LogP contribution >= 0.6 is 0 Å². The molecule has 2 N–H and O–H groups in total. The van der Waals surface area contributed by atoms with Crippen LogP contribution in [0.5, 0.6) is 0 Å². The predicted molar refractivity (Wildman–Crippen MR) is 66.1 cm³/mol. The summed E-state index contributed by atoms with van der Waals surface area (Å²) >= 11 is 0. The van der Waals surface area contributed by atoms with E-state index < -0.39 is 0 Å². The van der Waals surface area contributed by atoms with Crippen LogP contribution in [0.3, 0.4) is 0 Å². The topological polar surface area (TPSA) is 42.1 Å². The van der Waals surface area contributed by atoms with Crippen molar-refractivity contribution in [3.8, 4) is 0 Å². The summed E-state index contributed by atoms with van der Waals surface area (Å²) in [5, 5.41) is 0. The molecule has 2 rings (SSSR count). The normalized spacial score (nSPS) is 18.5. The number of aromatic nitrogens is 1. The van der Waals surface area contributed by atoms with Crippen molar-refractivity contribution in [2.45, 2.75) is 38.3 Å². The average molecular weight is 219 g/mol. The van der Waals surface area contributed by atoms with Crippen molar-refractivity contribution < 1.29 is 0 Å². The zero-order chi connectivity index (χ0) is 11.6. The lowest BCUT2D eigenvalue weighted by Crippen LogP contribution is -2.54. The van der Waals surface area contributed by atoms with Gasteiger partial charge >= 0.3 is 0 Å². The van der Waals surface area contributed by atoms with Crippen molar-refractivity contribution in [2.24, 2.45) is 5.73 Å². The molecule has 3 nitrogen and oxygen atoms in total. The molecule has 1 aromatic rings. The SMILES string of the molecule is Cc1cccc(CN(C)CC2(N)CCC2)n1. The van der Waals surface area contributed by atoms with Gasteiger partial charge in [0.1, 0.15) is 0 Å². The number of nitrogens with zero attached hydrogens (tertiary/aromatic N) is 2. The third kappa shape index (κ3) is 2.80. The van der Waals surface area contributed by atoms with E-state index in [4.69, 9.17) is 5.73 Å². The minimum Gasteiger partial charge on any atom is -0.324 e. The molecule has 0 saturated heterocycles. The number of hydrogen-bond donors (Lipinski definition) is 1. The Hall–Kier alpha value is -0.930. The first-order valence-electron chi connectivity index (χ1n) is 5.97. The highest BCUT2D eigenvalue weighted by Crippen LogP contribution is 2.29. The molecule has 0 bridgehead atoms. The first-order valence-corrected chi connectivity index (χ1v) is 5.97. The quantitative estimate of drug-likeness (QED) is 0.838. The highest BCUT2D eigenvalue weighted by Gasteiger charge is 2.33. The van der Waals surface area contributed by atoms with Gasteiger partial charge in [-0.2, -0.15) is 0 Å². The average Bonchev–Trinajstić information content (AvgIpc) is 2.15. The summed E-state index contributed by atoms with van der Waals surface area (Å²) in [6, 6.07) is 6.17. The molecule has 0 aliphatic heterocycles. The molecule has 1 aromatic heterocycles. The fourth-order valence-corrected chi connectivity index (χ4v) is 2.35. The molecular weight excluding hydrogens is 198 g/mol. The Morgan fingerprint density at radius 1 is 1.44 bits per heavy atom. The Morgan fingerprint density at radius 2 is 2.19 bits per heavy atom. The summed E-state index contributed by atoms with van der Waals surface area (Å²) in [5.41, 5.74) is 8.50. The van der Waals surface area contributed by atoms with E-state index in [1.54, 1.807) is 0 Å². The van der Waals surface area contributed by atoms with Gasteiger partial charge in [0, 0.05) is 24.3 Å². The van der Waals surface area contributed by atoms with Crippen LogP contribution in [-0.2, 0) is 6.54 Å². The Labute approximate surface area is 97.7 Å². The molecule has 1 aliphatic rings. The third-order valence-electron chi connectivity index (χ3n) is 3.31. The van der Waals surface area contributed by atoms with Crippen LogP contribution in [0.25, 0.3) is 0 Å². The summed E-state index contributed by atoms with van der Waals surface area (Å²) < 4.78 is 0. The van der Waals surface area contributed by atoms with Gasteiger partial charge in [-0.05, 0) is 45.4 Å². The lowest BCUT2D eigenvalue weighted by molar-refractivity contribution is 0.160. The number of aryl methyl sites for hydroxylation is 1. The maximum atomic E-state index is 6.23. The monoisotopic (exact) mass is 219 g/mol. The maximum Gasteiger partial charge on any atom is 0.0547 e. The molecule has 0 amide bonds. The molecule has 1 heterocycles. The van der Waals surface area contributed by atoms with Crippen LogP contribution < -0.4 is 5.73 Å². The van der Waals surface area contributed by atoms with Gasteiger partial charge in [0.25, 0.3) is 0 Å². The maximum absolute atomic E-state index is 6.23. The van der Waals surface area contributed by atoms with E-state index in [9.17, 15) is 0 Å². The fourth-order valence-electron chi connectivity index (χ4n) is 2.35. The van der Waals surface area contributed by atoms with Crippen LogP contribution in [0.1, 0.15) is 30.7 Å². The Morgan fingerprint density at radius 3 is 2.75 bits per heavy atom. The van der Waals surface area contributed by atoms with Crippen LogP contribution in [-0.4, -0.2) is 29.0 Å². The van der Waals surface area contributed by atoms with E-state index in [0.717, 1.165) is 24.5 Å². The molecule has 0 aromatic carbocycles. The largest absolute Gasteiger partial charge is 0.324 e. The second-order valence-electron chi connectivity index (χ2n) is 5.16. The number of pyridine rings is 1. The van der Waals surface area contributed by atoms with Gasteiger partial charge < -0.3 is 5.73 Å². The van der Waals surface area contributed by atoms with Gasteiger partial charge in [0.15, 0.2) is 0 Å². The van der Waals surface area contributed by atoms with Crippen molar-refractivity contribution in [1.82, 2.24) is 9.88 Å². The second kappa shape index (κ2) is 4.52. The molecule has 1 saturated carbocycles. The highest BCUT2D eigenvalue weighted by molar-refractivity contribution is 5.10. The van der Waals surface area contributed by atoms with Crippen LogP contribution in [0.15, 0.2) is 18.2 Å². The molecule has 16 heavy (non-hydrogen) atoms. The number of hydrogen-bond acceptors (Lipinski definition) is 3. The standard InChI is InChI=1S/C13H21N3/c1-11-5-3-6-12(15-11)9-16(2)10-13(14)7-4-8-13/h3,5-6H,4,7-10,14H2,1-2H3. The van der Waals surface area contributed by atoms with Crippen LogP contribution in [0.4, 0.5) is 0 Å². The smallest absolute Gasteiger partial charge is 0.0547 e. The second-order valence-corrected chi connectivity index (χ2v) is 5.16. The lowest BCUT2D eigenvalue weighted by Gasteiger charge is -2.40. The predicted octanol–water partition coefficient (Wildman–Crippen LogP) is 1.70. The molecule has 0 atom stereocenters. The van der Waals surface area contributed by atoms with Crippen molar-refractivity contribution in [1.29, 1.82) is 0 Å². The van der Waals surface area contributed by atoms with E-state index >= 15 is 0 Å². The zero-order valence-corrected chi connectivity index (χ0v) is 10.2. The zero-order valence-electron chi connectivity index (χ0n) is 10.2. The molecule has 0 spiro atoms. The van der Waals surface area contributed by atoms with Crippen molar-refractivity contribution in [3.05, 3.63) is 29.6 Å². The van der Waals surface area contributed by atoms with Gasteiger partial charge in [-0.1, -0.05) is 6.07 Å². The van der Waals surface area contributed by atoms with E-state index in [1.807, 2.05) is 13.0 Å². The Kier molecular flexibility index (Phi) is 3.26. The van der Waals surface area contributed by atoms with Gasteiger partial charge in [0.2, 0.25) is 0 Å². The number of likely N-dealkylation sites (N-methyl/N-ethyl adjacent to an activating group) is 1. The fraction of sp³-hybridized carbons (Fsp3) is 0.615. The minimum atomic E-state index is 0.0680. The Bertz CT molecular complexity index is 358. The summed E-state index contributed by atoms with van der Waals surface area (Å²) in [5.74, 6) is 0. The summed E-state index contributed by atoms with van der Waals surface area (Å²) in [6.07, 6.45) is 3.62. The van der Waals surface area contributed by atoms with E-state index in [2.05, 4.69) is 29.1 Å². The van der Waals surface area contributed by atoms with Gasteiger partial charge in [0.05, 0.1) is 5.69 Å². The van der Waals surface area contributed by atoms with E-state index in [1.165, 1.54) is 19.3 Å². The third-order valence-corrected chi connectivity index (χ3v) is 3.31. The van der Waals surface area contributed by atoms with Crippen molar-refractivity contribution >= 4 is 0 Å². The Balaban J connectivity index is 1.89. The summed E-state index contributed by atoms with van der Waals surface area (Å²) in [4.78, 5) is 6.78. The molecule has 0 radical (unpaired) electrons. The van der Waals surface area contributed by atoms with Crippen LogP contribution in [0.2, 0.25) is 0 Å². The first kappa shape index (κ1) is 11.6. The van der Waals surface area contributed by atoms with E-state index in [-0.39, 0.29) is 5.54 Å². The molecule has 88 valence electrons. The van der Waals surface area contributed by atoms with E-state index in [0.29, 0.717) is 0 Å².